The average molecular weight is 408 g/mol. The summed E-state index contributed by atoms with van der Waals surface area (Å²) in [5, 5.41) is 14.5. The third-order valence-electron chi connectivity index (χ3n) is 5.33. The molecule has 0 atom stereocenters. The Hall–Kier alpha value is -3.24. The Morgan fingerprint density at radius 2 is 1.87 bits per heavy atom. The van der Waals surface area contributed by atoms with E-state index in [-0.39, 0.29) is 30.1 Å². The van der Waals surface area contributed by atoms with Crippen molar-refractivity contribution in [1.29, 1.82) is 5.26 Å². The molecule has 0 spiro atoms. The monoisotopic (exact) mass is 408 g/mol. The minimum atomic E-state index is -0.269. The van der Waals surface area contributed by atoms with Crippen molar-refractivity contribution in [2.24, 2.45) is 5.92 Å². The summed E-state index contributed by atoms with van der Waals surface area (Å²) >= 11 is 0. The molecular weight excluding hydrogens is 383 g/mol. The highest BCUT2D eigenvalue weighted by Crippen LogP contribution is 2.18. The van der Waals surface area contributed by atoms with Gasteiger partial charge in [0.05, 0.1) is 18.2 Å². The number of nitriles is 1. The zero-order chi connectivity index (χ0) is 21.5. The maximum Gasteiger partial charge on any atom is 0.238 e. The number of carbonyl (C=O) groups excluding carboxylic acids is 2. The fourth-order valence-corrected chi connectivity index (χ4v) is 3.46. The highest BCUT2D eigenvalue weighted by molar-refractivity contribution is 5.92. The normalized spacial score (nSPS) is 14.7. The smallest absolute Gasteiger partial charge is 0.238 e. The SMILES string of the molecule is Cc1ccc(CNC(=O)C2CCN(CC(=O)Nc3ccc(C#N)cc3)CC2)cc1F. The number of likely N-dealkylation sites (tertiary alicyclic amines) is 1. The van der Waals surface area contributed by atoms with Crippen LogP contribution in [0, 0.1) is 30.0 Å². The molecule has 1 saturated heterocycles. The van der Waals surface area contributed by atoms with Crippen molar-refractivity contribution in [3.8, 4) is 6.07 Å². The number of rotatable bonds is 6. The van der Waals surface area contributed by atoms with Crippen LogP contribution in [0.15, 0.2) is 42.5 Å². The van der Waals surface area contributed by atoms with Crippen LogP contribution in [0.2, 0.25) is 0 Å². The van der Waals surface area contributed by atoms with E-state index >= 15 is 0 Å². The number of hydrogen-bond donors (Lipinski definition) is 2. The van der Waals surface area contributed by atoms with Gasteiger partial charge in [0.25, 0.3) is 0 Å². The molecule has 0 aromatic heterocycles. The van der Waals surface area contributed by atoms with Crippen LogP contribution in [0.3, 0.4) is 0 Å². The van der Waals surface area contributed by atoms with E-state index < -0.39 is 0 Å². The molecular formula is C23H25FN4O2. The predicted octanol–water partition coefficient (Wildman–Crippen LogP) is 2.97. The van der Waals surface area contributed by atoms with E-state index in [9.17, 15) is 14.0 Å². The van der Waals surface area contributed by atoms with Crippen molar-refractivity contribution >= 4 is 17.5 Å². The Bertz CT molecular complexity index is 945. The number of carbonyl (C=O) groups is 2. The number of anilines is 1. The van der Waals surface area contributed by atoms with Crippen molar-refractivity contribution in [2.45, 2.75) is 26.3 Å². The fraction of sp³-hybridized carbons (Fsp3) is 0.348. The van der Waals surface area contributed by atoms with Gasteiger partial charge >= 0.3 is 0 Å². The lowest BCUT2D eigenvalue weighted by Gasteiger charge is -2.30. The molecule has 1 fully saturated rings. The van der Waals surface area contributed by atoms with Crippen LogP contribution >= 0.6 is 0 Å². The lowest BCUT2D eigenvalue weighted by Crippen LogP contribution is -2.43. The first-order chi connectivity index (χ1) is 14.4. The van der Waals surface area contributed by atoms with Crippen LogP contribution in [-0.4, -0.2) is 36.3 Å². The number of piperidine rings is 1. The van der Waals surface area contributed by atoms with Crippen LogP contribution in [0.5, 0.6) is 0 Å². The highest BCUT2D eigenvalue weighted by Gasteiger charge is 2.25. The molecule has 2 aromatic carbocycles. The van der Waals surface area contributed by atoms with Gasteiger partial charge in [-0.2, -0.15) is 5.26 Å². The van der Waals surface area contributed by atoms with Crippen LogP contribution < -0.4 is 10.6 Å². The average Bonchev–Trinajstić information content (AvgIpc) is 2.75. The van der Waals surface area contributed by atoms with Gasteiger partial charge in [0.2, 0.25) is 11.8 Å². The van der Waals surface area contributed by atoms with E-state index in [1.807, 2.05) is 17.0 Å². The second-order valence-corrected chi connectivity index (χ2v) is 7.59. The molecule has 0 radical (unpaired) electrons. The molecule has 0 aliphatic carbocycles. The zero-order valence-electron chi connectivity index (χ0n) is 17.0. The molecule has 1 aliphatic heterocycles. The van der Waals surface area contributed by atoms with E-state index in [1.54, 1.807) is 37.3 Å². The molecule has 30 heavy (non-hydrogen) atoms. The Kier molecular flexibility index (Phi) is 7.15. The number of aryl methyl sites for hydroxylation is 1. The molecule has 7 heteroatoms. The number of halogens is 1. The van der Waals surface area contributed by atoms with Crippen LogP contribution in [-0.2, 0) is 16.1 Å². The summed E-state index contributed by atoms with van der Waals surface area (Å²) in [7, 11) is 0. The van der Waals surface area contributed by atoms with Gasteiger partial charge in [-0.05, 0) is 74.3 Å². The quantitative estimate of drug-likeness (QED) is 0.770. The molecule has 2 amide bonds. The minimum absolute atomic E-state index is 0.0299. The van der Waals surface area contributed by atoms with Crippen LogP contribution in [0.25, 0.3) is 0 Å². The van der Waals surface area contributed by atoms with Gasteiger partial charge in [-0.15, -0.1) is 0 Å². The standard InChI is InChI=1S/C23H25FN4O2/c1-16-2-3-18(12-21(16)24)14-26-23(30)19-8-10-28(11-9-19)15-22(29)27-20-6-4-17(13-25)5-7-20/h2-7,12,19H,8-11,14-15H2,1H3,(H,26,30)(H,27,29). The van der Waals surface area contributed by atoms with E-state index in [2.05, 4.69) is 10.6 Å². The Labute approximate surface area is 175 Å². The number of nitrogens with one attached hydrogen (secondary N) is 2. The molecule has 2 N–H and O–H groups in total. The Morgan fingerprint density at radius 3 is 2.50 bits per heavy atom. The molecule has 0 saturated carbocycles. The molecule has 156 valence electrons. The summed E-state index contributed by atoms with van der Waals surface area (Å²) in [6, 6.07) is 13.7. The molecule has 1 heterocycles. The maximum absolute atomic E-state index is 13.6. The van der Waals surface area contributed by atoms with Gasteiger partial charge in [0, 0.05) is 18.2 Å². The molecule has 0 bridgehead atoms. The zero-order valence-corrected chi connectivity index (χ0v) is 17.0. The van der Waals surface area contributed by atoms with Crippen molar-refractivity contribution in [3.63, 3.8) is 0 Å². The van der Waals surface area contributed by atoms with Gasteiger partial charge in [0.15, 0.2) is 0 Å². The van der Waals surface area contributed by atoms with Crippen LogP contribution in [0.4, 0.5) is 10.1 Å². The Balaban J connectivity index is 1.40. The largest absolute Gasteiger partial charge is 0.352 e. The lowest BCUT2D eigenvalue weighted by molar-refractivity contribution is -0.126. The van der Waals surface area contributed by atoms with Crippen molar-refractivity contribution < 1.29 is 14.0 Å². The molecule has 1 aliphatic rings. The second-order valence-electron chi connectivity index (χ2n) is 7.59. The molecule has 3 rings (SSSR count). The summed E-state index contributed by atoms with van der Waals surface area (Å²) in [5.74, 6) is -0.519. The first-order valence-electron chi connectivity index (χ1n) is 9.99. The van der Waals surface area contributed by atoms with Crippen LogP contribution in [0.1, 0.15) is 29.5 Å². The van der Waals surface area contributed by atoms with Crippen molar-refractivity contribution in [3.05, 3.63) is 65.0 Å². The minimum Gasteiger partial charge on any atom is -0.352 e. The maximum atomic E-state index is 13.6. The molecule has 6 nitrogen and oxygen atoms in total. The number of benzene rings is 2. The van der Waals surface area contributed by atoms with E-state index in [1.165, 1.54) is 6.07 Å². The summed E-state index contributed by atoms with van der Waals surface area (Å²) in [5.41, 5.74) is 2.52. The van der Waals surface area contributed by atoms with Gasteiger partial charge in [-0.25, -0.2) is 4.39 Å². The molecule has 0 unspecified atom stereocenters. The summed E-state index contributed by atoms with van der Waals surface area (Å²) < 4.78 is 13.6. The number of hydrogen-bond acceptors (Lipinski definition) is 4. The fourth-order valence-electron chi connectivity index (χ4n) is 3.46. The highest BCUT2D eigenvalue weighted by atomic mass is 19.1. The Morgan fingerprint density at radius 1 is 1.17 bits per heavy atom. The van der Waals surface area contributed by atoms with Gasteiger partial charge in [0.1, 0.15) is 5.82 Å². The predicted molar refractivity (Wildman–Crippen MR) is 112 cm³/mol. The van der Waals surface area contributed by atoms with Crippen molar-refractivity contribution in [1.82, 2.24) is 10.2 Å². The first-order valence-corrected chi connectivity index (χ1v) is 9.99. The van der Waals surface area contributed by atoms with E-state index in [4.69, 9.17) is 5.26 Å². The molecule has 2 aromatic rings. The van der Waals surface area contributed by atoms with Gasteiger partial charge in [-0.3, -0.25) is 14.5 Å². The van der Waals surface area contributed by atoms with E-state index in [0.29, 0.717) is 49.3 Å². The topological polar surface area (TPSA) is 85.2 Å². The number of amides is 2. The van der Waals surface area contributed by atoms with E-state index in [0.717, 1.165) is 5.56 Å². The third kappa shape index (κ3) is 5.88. The second kappa shape index (κ2) is 9.99. The summed E-state index contributed by atoms with van der Waals surface area (Å²) in [4.78, 5) is 26.7. The van der Waals surface area contributed by atoms with Gasteiger partial charge < -0.3 is 10.6 Å². The first kappa shape index (κ1) is 21.5. The third-order valence-corrected chi connectivity index (χ3v) is 5.33. The van der Waals surface area contributed by atoms with Gasteiger partial charge in [-0.1, -0.05) is 12.1 Å². The summed E-state index contributed by atoms with van der Waals surface area (Å²) in [6.07, 6.45) is 1.36. The van der Waals surface area contributed by atoms with Crippen molar-refractivity contribution in [2.75, 3.05) is 25.0 Å². The lowest BCUT2D eigenvalue weighted by atomic mass is 9.95. The summed E-state index contributed by atoms with van der Waals surface area (Å²) in [6.45, 7) is 3.60. The number of nitrogens with zero attached hydrogens (tertiary/aromatic N) is 2.